The zero-order chi connectivity index (χ0) is 31.2. The lowest BCUT2D eigenvalue weighted by Crippen LogP contribution is -2.17. The van der Waals surface area contributed by atoms with Gasteiger partial charge in [-0.1, -0.05) is 90.1 Å². The van der Waals surface area contributed by atoms with Gasteiger partial charge in [0.25, 0.3) is 0 Å². The third-order valence-corrected chi connectivity index (χ3v) is 9.20. The molecule has 6 heteroatoms. The van der Waals surface area contributed by atoms with Gasteiger partial charge in [-0.05, 0) is 102 Å². The second kappa shape index (κ2) is 11.6. The van der Waals surface area contributed by atoms with Gasteiger partial charge < -0.3 is 19.1 Å². The highest BCUT2D eigenvalue weighted by Gasteiger charge is 2.31. The van der Waals surface area contributed by atoms with Gasteiger partial charge in [0.05, 0.1) is 26.0 Å². The van der Waals surface area contributed by atoms with E-state index >= 15 is 0 Å². The fourth-order valence-corrected chi connectivity index (χ4v) is 6.57. The van der Waals surface area contributed by atoms with Crippen molar-refractivity contribution in [2.75, 3.05) is 4.90 Å². The molecule has 0 spiro atoms. The van der Waals surface area contributed by atoms with Crippen molar-refractivity contribution in [1.29, 1.82) is 0 Å². The van der Waals surface area contributed by atoms with Gasteiger partial charge >= 0.3 is 0 Å². The Labute approximate surface area is 276 Å². The first-order valence-electron chi connectivity index (χ1n) is 14.6. The molecule has 5 aromatic carbocycles. The van der Waals surface area contributed by atoms with E-state index in [-0.39, 0.29) is 10.8 Å². The molecule has 5 aromatic rings. The van der Waals surface area contributed by atoms with E-state index < -0.39 is 0 Å². The fourth-order valence-electron chi connectivity index (χ4n) is 5.17. The normalized spacial score (nSPS) is 12.7. The maximum Gasteiger partial charge on any atom is 0.151 e. The van der Waals surface area contributed by atoms with E-state index in [4.69, 9.17) is 14.2 Å². The topological polar surface area (TPSA) is 30.9 Å². The number of anilines is 3. The van der Waals surface area contributed by atoms with E-state index in [1.807, 2.05) is 66.7 Å². The lowest BCUT2D eigenvalue weighted by Gasteiger charge is -2.34. The molecule has 1 heterocycles. The molecule has 4 nitrogen and oxygen atoms in total. The first kappa shape index (κ1) is 30.3. The van der Waals surface area contributed by atoms with Crippen LogP contribution in [0.3, 0.4) is 0 Å². The molecule has 0 bridgehead atoms. The Morgan fingerprint density at radius 1 is 0.545 bits per heavy atom. The minimum Gasteiger partial charge on any atom is -0.456 e. The zero-order valence-corrected chi connectivity index (χ0v) is 28.9. The Kier molecular flexibility index (Phi) is 8.02. The summed E-state index contributed by atoms with van der Waals surface area (Å²) in [7, 11) is 0. The highest BCUT2D eigenvalue weighted by molar-refractivity contribution is 9.11. The van der Waals surface area contributed by atoms with Crippen LogP contribution in [0.4, 0.5) is 17.1 Å². The first-order chi connectivity index (χ1) is 20.9. The summed E-state index contributed by atoms with van der Waals surface area (Å²) < 4.78 is 21.0. The molecule has 0 unspecified atom stereocenters. The largest absolute Gasteiger partial charge is 0.456 e. The zero-order valence-electron chi connectivity index (χ0n) is 25.7. The standard InChI is InChI=1S/C38H35Br2NO3/c1-37(2,3)24-15-19-26(20-16-24)42-32-23-33(43-27-21-17-25(18-22-27)38(4,5)6)35(40)36(34(32)39)41-28-11-7-9-13-30(28)44-31-14-10-8-12-29(31)41/h7-23H,1-6H3. The second-order valence-electron chi connectivity index (χ2n) is 13.0. The summed E-state index contributed by atoms with van der Waals surface area (Å²) in [5.74, 6) is 4.22. The van der Waals surface area contributed by atoms with Gasteiger partial charge in [-0.3, -0.25) is 0 Å². The van der Waals surface area contributed by atoms with E-state index in [9.17, 15) is 0 Å². The van der Waals surface area contributed by atoms with Crippen LogP contribution in [0.25, 0.3) is 0 Å². The Morgan fingerprint density at radius 3 is 1.32 bits per heavy atom. The third kappa shape index (κ3) is 5.98. The molecule has 0 atom stereocenters. The summed E-state index contributed by atoms with van der Waals surface area (Å²) in [6, 6.07) is 34.5. The summed E-state index contributed by atoms with van der Waals surface area (Å²) in [6.45, 7) is 13.2. The Hall–Kier alpha value is -3.74. The molecule has 0 saturated heterocycles. The van der Waals surface area contributed by atoms with Crippen LogP contribution in [0, 0.1) is 0 Å². The molecule has 6 rings (SSSR count). The van der Waals surface area contributed by atoms with Gasteiger partial charge in [-0.25, -0.2) is 0 Å². The van der Waals surface area contributed by atoms with Crippen LogP contribution in [0.2, 0.25) is 0 Å². The molecular formula is C38H35Br2NO3. The molecule has 0 aliphatic carbocycles. The number of fused-ring (bicyclic) bond motifs is 2. The molecule has 44 heavy (non-hydrogen) atoms. The maximum absolute atomic E-state index is 6.58. The number of rotatable bonds is 5. The highest BCUT2D eigenvalue weighted by atomic mass is 79.9. The van der Waals surface area contributed by atoms with Gasteiger partial charge in [-0.15, -0.1) is 0 Å². The minimum atomic E-state index is 0.0462. The van der Waals surface area contributed by atoms with Crippen molar-refractivity contribution < 1.29 is 14.2 Å². The number of halogens is 2. The first-order valence-corrected chi connectivity index (χ1v) is 16.2. The van der Waals surface area contributed by atoms with E-state index in [0.717, 1.165) is 49.0 Å². The smallest absolute Gasteiger partial charge is 0.151 e. The van der Waals surface area contributed by atoms with Gasteiger partial charge in [0, 0.05) is 6.07 Å². The van der Waals surface area contributed by atoms with Crippen molar-refractivity contribution >= 4 is 48.9 Å². The third-order valence-electron chi connectivity index (χ3n) is 7.66. The molecular weight excluding hydrogens is 678 g/mol. The molecule has 0 amide bonds. The SMILES string of the molecule is CC(C)(C)c1ccc(Oc2cc(Oc3ccc(C(C)(C)C)cc3)c(Br)c(N3c4ccccc4Oc4ccccc43)c2Br)cc1. The summed E-state index contributed by atoms with van der Waals surface area (Å²) >= 11 is 7.87. The van der Waals surface area contributed by atoms with E-state index in [0.29, 0.717) is 11.5 Å². The summed E-state index contributed by atoms with van der Waals surface area (Å²) in [5.41, 5.74) is 5.21. The molecule has 1 aliphatic rings. The fraction of sp³-hybridized carbons (Fsp3) is 0.211. The lowest BCUT2D eigenvalue weighted by molar-refractivity contribution is 0.455. The van der Waals surface area contributed by atoms with E-state index in [1.54, 1.807) is 0 Å². The predicted octanol–water partition coefficient (Wildman–Crippen LogP) is 13.0. The molecule has 1 aliphatic heterocycles. The highest BCUT2D eigenvalue weighted by Crippen LogP contribution is 2.57. The summed E-state index contributed by atoms with van der Waals surface area (Å²) in [5, 5.41) is 0. The van der Waals surface area contributed by atoms with Crippen LogP contribution in [0.15, 0.2) is 112 Å². The quantitative estimate of drug-likeness (QED) is 0.178. The average Bonchev–Trinajstić information content (AvgIpc) is 2.99. The Morgan fingerprint density at radius 2 is 0.932 bits per heavy atom. The van der Waals surface area contributed by atoms with Gasteiger partial charge in [-0.2, -0.15) is 0 Å². The average molecular weight is 714 g/mol. The van der Waals surface area contributed by atoms with Crippen LogP contribution in [-0.2, 0) is 10.8 Å². The summed E-state index contributed by atoms with van der Waals surface area (Å²) in [6.07, 6.45) is 0. The molecule has 0 saturated carbocycles. The van der Waals surface area contributed by atoms with Gasteiger partial charge in [0.15, 0.2) is 11.5 Å². The molecule has 0 radical (unpaired) electrons. The van der Waals surface area contributed by atoms with Gasteiger partial charge in [0.2, 0.25) is 0 Å². The molecule has 0 fully saturated rings. The molecule has 224 valence electrons. The number of hydrogen-bond donors (Lipinski definition) is 0. The van der Waals surface area contributed by atoms with Crippen molar-refractivity contribution in [3.05, 3.63) is 123 Å². The second-order valence-corrected chi connectivity index (χ2v) is 14.6. The van der Waals surface area contributed by atoms with Crippen molar-refractivity contribution in [3.8, 4) is 34.5 Å². The monoisotopic (exact) mass is 711 g/mol. The van der Waals surface area contributed by atoms with Crippen LogP contribution in [0.1, 0.15) is 52.7 Å². The summed E-state index contributed by atoms with van der Waals surface area (Å²) in [4.78, 5) is 2.17. The Bertz CT molecular complexity index is 1690. The van der Waals surface area contributed by atoms with Crippen LogP contribution in [0.5, 0.6) is 34.5 Å². The van der Waals surface area contributed by atoms with E-state index in [1.165, 1.54) is 11.1 Å². The van der Waals surface area contributed by atoms with E-state index in [2.05, 4.69) is 115 Å². The van der Waals surface area contributed by atoms with Crippen molar-refractivity contribution in [1.82, 2.24) is 0 Å². The lowest BCUT2D eigenvalue weighted by atomic mass is 9.87. The van der Waals surface area contributed by atoms with Crippen molar-refractivity contribution in [2.24, 2.45) is 0 Å². The number of ether oxygens (including phenoxy) is 3. The molecule has 0 aromatic heterocycles. The van der Waals surface area contributed by atoms with Gasteiger partial charge in [0.1, 0.15) is 23.0 Å². The molecule has 0 N–H and O–H groups in total. The minimum absolute atomic E-state index is 0.0462. The maximum atomic E-state index is 6.58. The van der Waals surface area contributed by atoms with Crippen LogP contribution < -0.4 is 19.1 Å². The number of nitrogens with zero attached hydrogens (tertiary/aromatic N) is 1. The Balaban J connectivity index is 1.50. The number of para-hydroxylation sites is 4. The number of benzene rings is 5. The number of hydrogen-bond acceptors (Lipinski definition) is 4. The van der Waals surface area contributed by atoms with Crippen LogP contribution >= 0.6 is 31.9 Å². The van der Waals surface area contributed by atoms with Crippen molar-refractivity contribution in [3.63, 3.8) is 0 Å². The van der Waals surface area contributed by atoms with Crippen LogP contribution in [-0.4, -0.2) is 0 Å². The van der Waals surface area contributed by atoms with Crippen molar-refractivity contribution in [2.45, 2.75) is 52.4 Å². The predicted molar refractivity (Wildman–Crippen MR) is 187 cm³/mol.